The molecule has 3 aromatic rings. The van der Waals surface area contributed by atoms with E-state index in [-0.39, 0.29) is 10.5 Å². The summed E-state index contributed by atoms with van der Waals surface area (Å²) in [5, 5.41) is 1.91. The van der Waals surface area contributed by atoms with Crippen LogP contribution in [0.4, 0.5) is 0 Å². The van der Waals surface area contributed by atoms with Gasteiger partial charge in [-0.15, -0.1) is 11.3 Å². The van der Waals surface area contributed by atoms with E-state index in [1.54, 1.807) is 28.7 Å². The van der Waals surface area contributed by atoms with Crippen LogP contribution in [0.1, 0.15) is 17.8 Å². The molecule has 0 spiro atoms. The van der Waals surface area contributed by atoms with Gasteiger partial charge >= 0.3 is 0 Å². The van der Waals surface area contributed by atoms with Gasteiger partial charge < -0.3 is 9.47 Å². The number of hydrogen-bond donors (Lipinski definition) is 0. The number of benzene rings is 1. The largest absolute Gasteiger partial charge is 0.490 e. The van der Waals surface area contributed by atoms with Crippen molar-refractivity contribution in [2.24, 2.45) is 0 Å². The molecule has 0 radical (unpaired) electrons. The third-order valence-corrected chi connectivity index (χ3v) is 8.54. The minimum Gasteiger partial charge on any atom is -0.490 e. The molecule has 0 N–H and O–H groups in total. The lowest BCUT2D eigenvalue weighted by atomic mass is 10.3. The zero-order valence-corrected chi connectivity index (χ0v) is 19.3. The average Bonchev–Trinajstić information content (AvgIpc) is 3.00. The molecule has 32 heavy (non-hydrogen) atoms. The fourth-order valence-corrected chi connectivity index (χ4v) is 6.32. The summed E-state index contributed by atoms with van der Waals surface area (Å²) in [7, 11) is -3.63. The van der Waals surface area contributed by atoms with Crippen molar-refractivity contribution in [3.8, 4) is 11.5 Å². The highest BCUT2D eigenvalue weighted by molar-refractivity contribution is 7.89. The monoisotopic (exact) mass is 476 g/mol. The van der Waals surface area contributed by atoms with Gasteiger partial charge in [0.15, 0.2) is 16.5 Å². The maximum Gasteiger partial charge on any atom is 0.259 e. The normalized spacial score (nSPS) is 18.0. The van der Waals surface area contributed by atoms with E-state index in [2.05, 4.69) is 9.88 Å². The molecule has 1 fully saturated rings. The zero-order chi connectivity index (χ0) is 22.3. The Hall–Kier alpha value is -2.47. The lowest BCUT2D eigenvalue weighted by Crippen LogP contribution is -2.48. The van der Waals surface area contributed by atoms with Crippen LogP contribution < -0.4 is 15.0 Å². The summed E-state index contributed by atoms with van der Waals surface area (Å²) in [6, 6.07) is 6.35. The van der Waals surface area contributed by atoms with Crippen molar-refractivity contribution >= 4 is 26.3 Å². The standard InChI is InChI=1S/C21H24N4O5S2/c1-15-14-31-21-22-16(11-20(26)25(15)21)13-23-5-7-24(8-6-23)32(27,28)17-3-4-18-19(12-17)30-10-2-9-29-18/h3-4,11-12,14H,2,5-10,13H2,1H3. The number of ether oxygens (including phenoxy) is 2. The molecule has 4 heterocycles. The molecule has 0 atom stereocenters. The van der Waals surface area contributed by atoms with Crippen LogP contribution in [-0.2, 0) is 16.6 Å². The van der Waals surface area contributed by atoms with Crippen LogP contribution in [0.15, 0.2) is 39.3 Å². The van der Waals surface area contributed by atoms with Crippen LogP contribution in [-0.4, -0.2) is 66.4 Å². The molecule has 1 saturated heterocycles. The second-order valence-electron chi connectivity index (χ2n) is 7.92. The van der Waals surface area contributed by atoms with Crippen LogP contribution in [0.5, 0.6) is 11.5 Å². The summed E-state index contributed by atoms with van der Waals surface area (Å²) in [5.74, 6) is 1.05. The maximum absolute atomic E-state index is 13.2. The summed E-state index contributed by atoms with van der Waals surface area (Å²) in [5.41, 5.74) is 1.50. The first-order chi connectivity index (χ1) is 15.4. The first-order valence-corrected chi connectivity index (χ1v) is 12.8. The molecule has 2 aliphatic heterocycles. The van der Waals surface area contributed by atoms with Crippen LogP contribution >= 0.6 is 11.3 Å². The lowest BCUT2D eigenvalue weighted by molar-refractivity contribution is 0.180. The number of thiazole rings is 1. The van der Waals surface area contributed by atoms with Crippen LogP contribution in [0.3, 0.4) is 0 Å². The average molecular weight is 477 g/mol. The van der Waals surface area contributed by atoms with Crippen molar-refractivity contribution in [3.05, 3.63) is 51.4 Å². The van der Waals surface area contributed by atoms with E-state index in [1.165, 1.54) is 15.6 Å². The predicted octanol–water partition coefficient (Wildman–Crippen LogP) is 1.73. The first-order valence-electron chi connectivity index (χ1n) is 10.5. The molecule has 11 heteroatoms. The Morgan fingerprint density at radius 1 is 1.06 bits per heavy atom. The highest BCUT2D eigenvalue weighted by atomic mass is 32.2. The van der Waals surface area contributed by atoms with E-state index in [4.69, 9.17) is 9.47 Å². The molecule has 5 rings (SSSR count). The van der Waals surface area contributed by atoms with Gasteiger partial charge in [-0.25, -0.2) is 13.4 Å². The van der Waals surface area contributed by atoms with E-state index in [0.29, 0.717) is 68.1 Å². The van der Waals surface area contributed by atoms with Gasteiger partial charge in [-0.05, 0) is 19.1 Å². The van der Waals surface area contributed by atoms with Crippen molar-refractivity contribution in [2.45, 2.75) is 24.8 Å². The number of hydrogen-bond acceptors (Lipinski definition) is 8. The highest BCUT2D eigenvalue weighted by Gasteiger charge is 2.30. The fourth-order valence-electron chi connectivity index (χ4n) is 3.99. The minimum absolute atomic E-state index is 0.0839. The van der Waals surface area contributed by atoms with Crippen molar-refractivity contribution in [3.63, 3.8) is 0 Å². The van der Waals surface area contributed by atoms with Gasteiger partial charge in [0.25, 0.3) is 5.56 Å². The Morgan fingerprint density at radius 3 is 2.59 bits per heavy atom. The number of sulfonamides is 1. The third-order valence-electron chi connectivity index (χ3n) is 5.70. The SMILES string of the molecule is Cc1csc2nc(CN3CCN(S(=O)(=O)c4ccc5c(c4)OCCCO5)CC3)cc(=O)n12. The van der Waals surface area contributed by atoms with Gasteiger partial charge in [-0.3, -0.25) is 14.1 Å². The molecule has 9 nitrogen and oxygen atoms in total. The smallest absolute Gasteiger partial charge is 0.259 e. The fraction of sp³-hybridized carbons (Fsp3) is 0.429. The molecule has 1 aromatic carbocycles. The van der Waals surface area contributed by atoms with Crippen molar-refractivity contribution < 1.29 is 17.9 Å². The Morgan fingerprint density at radius 2 is 1.81 bits per heavy atom. The Labute approximate surface area is 189 Å². The third kappa shape index (κ3) is 4.01. The number of fused-ring (bicyclic) bond motifs is 2. The van der Waals surface area contributed by atoms with Gasteiger partial charge in [0, 0.05) is 62.4 Å². The first kappa shape index (κ1) is 21.4. The second-order valence-corrected chi connectivity index (χ2v) is 10.7. The molecule has 2 aromatic heterocycles. The number of piperazine rings is 1. The van der Waals surface area contributed by atoms with Crippen LogP contribution in [0, 0.1) is 6.92 Å². The van der Waals surface area contributed by atoms with Crippen molar-refractivity contribution in [2.75, 3.05) is 39.4 Å². The quantitative estimate of drug-likeness (QED) is 0.566. The molecule has 0 aliphatic carbocycles. The molecular weight excluding hydrogens is 452 g/mol. The summed E-state index contributed by atoms with van der Waals surface area (Å²) in [4.78, 5) is 20.0. The Balaban J connectivity index is 1.27. The molecule has 0 unspecified atom stereocenters. The Kier molecular flexibility index (Phi) is 5.66. The van der Waals surface area contributed by atoms with Gasteiger partial charge in [0.2, 0.25) is 10.0 Å². The number of aromatic nitrogens is 2. The summed E-state index contributed by atoms with van der Waals surface area (Å²) in [6.07, 6.45) is 0.763. The Bertz CT molecular complexity index is 1310. The zero-order valence-electron chi connectivity index (χ0n) is 17.7. The van der Waals surface area contributed by atoms with E-state index in [0.717, 1.165) is 12.1 Å². The molecular formula is C21H24N4O5S2. The topological polar surface area (TPSA) is 93.5 Å². The van der Waals surface area contributed by atoms with Crippen molar-refractivity contribution in [1.82, 2.24) is 18.6 Å². The van der Waals surface area contributed by atoms with Gasteiger partial charge in [0.1, 0.15) is 0 Å². The van der Waals surface area contributed by atoms with E-state index >= 15 is 0 Å². The minimum atomic E-state index is -3.63. The molecule has 2 aliphatic rings. The number of aryl methyl sites for hydroxylation is 1. The van der Waals surface area contributed by atoms with E-state index in [1.807, 2.05) is 12.3 Å². The van der Waals surface area contributed by atoms with Crippen molar-refractivity contribution in [1.29, 1.82) is 0 Å². The van der Waals surface area contributed by atoms with Gasteiger partial charge in [0.05, 0.1) is 23.8 Å². The molecule has 0 amide bonds. The highest BCUT2D eigenvalue weighted by Crippen LogP contribution is 2.33. The maximum atomic E-state index is 13.2. The van der Waals surface area contributed by atoms with E-state index < -0.39 is 10.0 Å². The predicted molar refractivity (Wildman–Crippen MR) is 120 cm³/mol. The van der Waals surface area contributed by atoms with Gasteiger partial charge in [-0.2, -0.15) is 4.31 Å². The molecule has 0 bridgehead atoms. The van der Waals surface area contributed by atoms with Crippen LogP contribution in [0.25, 0.3) is 4.96 Å². The lowest BCUT2D eigenvalue weighted by Gasteiger charge is -2.33. The van der Waals surface area contributed by atoms with Gasteiger partial charge in [-0.1, -0.05) is 0 Å². The summed E-state index contributed by atoms with van der Waals surface area (Å²) >= 11 is 1.44. The number of rotatable bonds is 4. The molecule has 170 valence electrons. The van der Waals surface area contributed by atoms with E-state index in [9.17, 15) is 13.2 Å². The summed E-state index contributed by atoms with van der Waals surface area (Å²) < 4.78 is 40.7. The number of nitrogens with zero attached hydrogens (tertiary/aromatic N) is 4. The van der Waals surface area contributed by atoms with Crippen LogP contribution in [0.2, 0.25) is 0 Å². The second kappa shape index (κ2) is 8.47. The molecule has 0 saturated carbocycles. The summed E-state index contributed by atoms with van der Waals surface area (Å²) in [6.45, 7) is 5.33.